The van der Waals surface area contributed by atoms with Crippen LogP contribution < -0.4 is 0 Å². The Morgan fingerprint density at radius 3 is 2.67 bits per heavy atom. The molecule has 0 heterocycles. The molecular formula is C15H19BrN2. The van der Waals surface area contributed by atoms with Gasteiger partial charge in [0.2, 0.25) is 0 Å². The van der Waals surface area contributed by atoms with Gasteiger partial charge in [-0.2, -0.15) is 5.26 Å². The molecule has 1 aliphatic rings. The smallest absolute Gasteiger partial charge is 0.0655 e. The molecule has 0 bridgehead atoms. The van der Waals surface area contributed by atoms with Crippen LogP contribution in [0.2, 0.25) is 0 Å². The molecule has 1 fully saturated rings. The Balaban J connectivity index is 1.89. The van der Waals surface area contributed by atoms with Gasteiger partial charge in [-0.05, 0) is 50.4 Å². The number of benzene rings is 1. The van der Waals surface area contributed by atoms with Gasteiger partial charge < -0.3 is 0 Å². The van der Waals surface area contributed by atoms with E-state index in [0.29, 0.717) is 12.0 Å². The van der Waals surface area contributed by atoms with E-state index in [9.17, 15) is 0 Å². The van der Waals surface area contributed by atoms with E-state index >= 15 is 0 Å². The molecule has 0 N–H and O–H groups in total. The monoisotopic (exact) mass is 306 g/mol. The summed E-state index contributed by atoms with van der Waals surface area (Å²) in [4.78, 5) is 2.43. The maximum atomic E-state index is 8.91. The number of hydrogen-bond donors (Lipinski definition) is 0. The van der Waals surface area contributed by atoms with Crippen molar-refractivity contribution in [2.75, 3.05) is 7.05 Å². The number of hydrogen-bond acceptors (Lipinski definition) is 2. The molecule has 0 unspecified atom stereocenters. The van der Waals surface area contributed by atoms with Crippen LogP contribution in [0.3, 0.4) is 0 Å². The van der Waals surface area contributed by atoms with E-state index in [4.69, 9.17) is 5.26 Å². The third kappa shape index (κ3) is 3.57. The summed E-state index contributed by atoms with van der Waals surface area (Å²) in [6.07, 6.45) is 4.43. The Morgan fingerprint density at radius 2 is 2.06 bits per heavy atom. The maximum absolute atomic E-state index is 8.91. The molecule has 2 nitrogen and oxygen atoms in total. The summed E-state index contributed by atoms with van der Waals surface area (Å²) in [5, 5.41) is 8.91. The number of nitriles is 1. The molecule has 0 amide bonds. The summed E-state index contributed by atoms with van der Waals surface area (Å²) >= 11 is 3.51. The average molecular weight is 307 g/mol. The molecule has 0 aromatic heterocycles. The molecule has 96 valence electrons. The second-order valence-corrected chi connectivity index (χ2v) is 6.10. The average Bonchev–Trinajstić information content (AvgIpc) is 2.39. The minimum atomic E-state index is 0.292. The zero-order valence-electron chi connectivity index (χ0n) is 10.8. The fourth-order valence-corrected chi connectivity index (χ4v) is 3.14. The fourth-order valence-electron chi connectivity index (χ4n) is 2.70. The summed E-state index contributed by atoms with van der Waals surface area (Å²) in [5.74, 6) is 0.292. The molecule has 1 aliphatic carbocycles. The van der Waals surface area contributed by atoms with E-state index in [2.05, 4.69) is 58.2 Å². The highest BCUT2D eigenvalue weighted by atomic mass is 79.9. The summed E-state index contributed by atoms with van der Waals surface area (Å²) in [7, 11) is 2.19. The summed E-state index contributed by atoms with van der Waals surface area (Å²) in [6.45, 7) is 0.987. The van der Waals surface area contributed by atoms with Gasteiger partial charge >= 0.3 is 0 Å². The fraction of sp³-hybridized carbons (Fsp3) is 0.533. The normalized spacial score (nSPS) is 23.9. The molecule has 2 rings (SSSR count). The second-order valence-electron chi connectivity index (χ2n) is 5.18. The Morgan fingerprint density at radius 1 is 1.33 bits per heavy atom. The highest BCUT2D eigenvalue weighted by Gasteiger charge is 2.23. The van der Waals surface area contributed by atoms with Gasteiger partial charge in [0.05, 0.1) is 6.07 Å². The van der Waals surface area contributed by atoms with Crippen LogP contribution in [0.5, 0.6) is 0 Å². The highest BCUT2D eigenvalue weighted by molar-refractivity contribution is 9.10. The SMILES string of the molecule is CN(Cc1cccc(Br)c1)C1CCC(C#N)CC1. The zero-order chi connectivity index (χ0) is 13.0. The summed E-state index contributed by atoms with van der Waals surface area (Å²) < 4.78 is 1.14. The van der Waals surface area contributed by atoms with Gasteiger partial charge in [0.25, 0.3) is 0 Å². The molecule has 1 aromatic carbocycles. The summed E-state index contributed by atoms with van der Waals surface area (Å²) in [6, 6.07) is 11.5. The first-order chi connectivity index (χ1) is 8.69. The van der Waals surface area contributed by atoms with Crippen molar-refractivity contribution in [1.82, 2.24) is 4.90 Å². The number of halogens is 1. The van der Waals surface area contributed by atoms with Crippen molar-refractivity contribution in [2.24, 2.45) is 5.92 Å². The topological polar surface area (TPSA) is 27.0 Å². The van der Waals surface area contributed by atoms with Gasteiger partial charge in [0, 0.05) is 23.0 Å². The highest BCUT2D eigenvalue weighted by Crippen LogP contribution is 2.27. The van der Waals surface area contributed by atoms with Crippen molar-refractivity contribution in [3.8, 4) is 6.07 Å². The van der Waals surface area contributed by atoms with Crippen molar-refractivity contribution in [2.45, 2.75) is 38.3 Å². The van der Waals surface area contributed by atoms with Crippen molar-refractivity contribution in [3.05, 3.63) is 34.3 Å². The first kappa shape index (κ1) is 13.6. The van der Waals surface area contributed by atoms with Crippen LogP contribution in [0.15, 0.2) is 28.7 Å². The molecule has 1 aromatic rings. The standard InChI is InChI=1S/C15H19BrN2/c1-18(11-13-3-2-4-14(16)9-13)15-7-5-12(10-17)6-8-15/h2-4,9,12,15H,5-8,11H2,1H3. The van der Waals surface area contributed by atoms with Crippen LogP contribution in [0.4, 0.5) is 0 Å². The lowest BCUT2D eigenvalue weighted by atomic mass is 9.86. The van der Waals surface area contributed by atoms with Gasteiger partial charge in [-0.15, -0.1) is 0 Å². The van der Waals surface area contributed by atoms with Crippen LogP contribution in [-0.4, -0.2) is 18.0 Å². The molecule has 0 aliphatic heterocycles. The molecule has 0 radical (unpaired) electrons. The molecule has 0 atom stereocenters. The Bertz CT molecular complexity index is 430. The lowest BCUT2D eigenvalue weighted by molar-refractivity contribution is 0.171. The molecule has 18 heavy (non-hydrogen) atoms. The molecular weight excluding hydrogens is 288 g/mol. The molecule has 1 saturated carbocycles. The quantitative estimate of drug-likeness (QED) is 0.845. The van der Waals surface area contributed by atoms with Gasteiger partial charge in [-0.3, -0.25) is 4.90 Å². The lowest BCUT2D eigenvalue weighted by Gasteiger charge is -2.32. The zero-order valence-corrected chi connectivity index (χ0v) is 12.4. The predicted octanol–water partition coefficient (Wildman–Crippen LogP) is 3.96. The van der Waals surface area contributed by atoms with E-state index < -0.39 is 0 Å². The maximum Gasteiger partial charge on any atom is 0.0655 e. The van der Waals surface area contributed by atoms with Gasteiger partial charge in [0.15, 0.2) is 0 Å². The van der Waals surface area contributed by atoms with Gasteiger partial charge in [-0.25, -0.2) is 0 Å². The van der Waals surface area contributed by atoms with E-state index in [1.54, 1.807) is 0 Å². The molecule has 3 heteroatoms. The minimum Gasteiger partial charge on any atom is -0.299 e. The number of nitrogens with zero attached hydrogens (tertiary/aromatic N) is 2. The van der Waals surface area contributed by atoms with Crippen molar-refractivity contribution in [1.29, 1.82) is 5.26 Å². The Labute approximate surface area is 118 Å². The Hall–Kier alpha value is -0.850. The van der Waals surface area contributed by atoms with Gasteiger partial charge in [-0.1, -0.05) is 28.1 Å². The largest absolute Gasteiger partial charge is 0.299 e. The van der Waals surface area contributed by atoms with E-state index in [1.165, 1.54) is 5.56 Å². The number of rotatable bonds is 3. The van der Waals surface area contributed by atoms with Crippen molar-refractivity contribution >= 4 is 15.9 Å². The molecule has 0 saturated heterocycles. The minimum absolute atomic E-state index is 0.292. The predicted molar refractivity (Wildman–Crippen MR) is 77.0 cm³/mol. The van der Waals surface area contributed by atoms with Crippen molar-refractivity contribution < 1.29 is 0 Å². The third-order valence-electron chi connectivity index (χ3n) is 3.82. The van der Waals surface area contributed by atoms with Crippen molar-refractivity contribution in [3.63, 3.8) is 0 Å². The van der Waals surface area contributed by atoms with Crippen LogP contribution in [-0.2, 0) is 6.54 Å². The third-order valence-corrected chi connectivity index (χ3v) is 4.32. The van der Waals surface area contributed by atoms with Gasteiger partial charge in [0.1, 0.15) is 0 Å². The first-order valence-corrected chi connectivity index (χ1v) is 7.32. The second kappa shape index (κ2) is 6.36. The Kier molecular flexibility index (Phi) is 4.79. The van der Waals surface area contributed by atoms with Crippen LogP contribution in [0, 0.1) is 17.2 Å². The first-order valence-electron chi connectivity index (χ1n) is 6.53. The van der Waals surface area contributed by atoms with Crippen LogP contribution >= 0.6 is 15.9 Å². The molecule has 0 spiro atoms. The summed E-state index contributed by atoms with van der Waals surface area (Å²) in [5.41, 5.74) is 1.34. The lowest BCUT2D eigenvalue weighted by Crippen LogP contribution is -2.34. The van der Waals surface area contributed by atoms with E-state index in [1.807, 2.05) is 0 Å². The van der Waals surface area contributed by atoms with Crippen LogP contribution in [0.25, 0.3) is 0 Å². The van der Waals surface area contributed by atoms with E-state index in [-0.39, 0.29) is 0 Å². The van der Waals surface area contributed by atoms with Crippen LogP contribution in [0.1, 0.15) is 31.2 Å². The van der Waals surface area contributed by atoms with E-state index in [0.717, 1.165) is 36.7 Å².